The Morgan fingerprint density at radius 1 is 1.26 bits per heavy atom. The number of ether oxygens (including phenoxy) is 1. The second-order valence-corrected chi connectivity index (χ2v) is 6.53. The first-order valence-electron chi connectivity index (χ1n) is 7.50. The SMILES string of the molecule is COc1cc2cc3c(c(O)c2c(O)c1C)C(=O)C(C)C(C)(O)C3. The van der Waals surface area contributed by atoms with Crippen LogP contribution in [0.25, 0.3) is 10.8 Å². The van der Waals surface area contributed by atoms with Gasteiger partial charge >= 0.3 is 0 Å². The minimum Gasteiger partial charge on any atom is -0.507 e. The van der Waals surface area contributed by atoms with Gasteiger partial charge in [0.05, 0.1) is 23.7 Å². The van der Waals surface area contributed by atoms with Crippen LogP contribution >= 0.6 is 0 Å². The number of carbonyl (C=O) groups excluding carboxylic acids is 1. The average molecular weight is 316 g/mol. The number of rotatable bonds is 1. The molecule has 0 saturated heterocycles. The van der Waals surface area contributed by atoms with E-state index in [1.54, 1.807) is 32.9 Å². The molecule has 1 aliphatic rings. The first-order chi connectivity index (χ1) is 10.7. The number of methoxy groups -OCH3 is 1. The number of hydrogen-bond acceptors (Lipinski definition) is 5. The van der Waals surface area contributed by atoms with Gasteiger partial charge in [0.2, 0.25) is 0 Å². The van der Waals surface area contributed by atoms with Gasteiger partial charge in [-0.15, -0.1) is 0 Å². The van der Waals surface area contributed by atoms with Crippen molar-refractivity contribution in [2.45, 2.75) is 32.8 Å². The third-order valence-corrected chi connectivity index (χ3v) is 5.00. The molecule has 0 spiro atoms. The summed E-state index contributed by atoms with van der Waals surface area (Å²) in [7, 11) is 1.50. The minimum atomic E-state index is -1.17. The lowest BCUT2D eigenvalue weighted by atomic mass is 9.72. The molecule has 5 heteroatoms. The number of ketones is 1. The average Bonchev–Trinajstić information content (AvgIpc) is 2.47. The van der Waals surface area contributed by atoms with Crippen molar-refractivity contribution >= 4 is 16.6 Å². The van der Waals surface area contributed by atoms with Crippen LogP contribution in [0.1, 0.15) is 35.3 Å². The number of carbonyl (C=O) groups is 1. The van der Waals surface area contributed by atoms with Gasteiger partial charge in [0, 0.05) is 17.9 Å². The second kappa shape index (κ2) is 4.86. The molecule has 2 atom stereocenters. The van der Waals surface area contributed by atoms with Crippen molar-refractivity contribution in [2.24, 2.45) is 5.92 Å². The fraction of sp³-hybridized carbons (Fsp3) is 0.389. The van der Waals surface area contributed by atoms with Crippen molar-refractivity contribution in [2.75, 3.05) is 7.11 Å². The number of phenolic OH excluding ortho intramolecular Hbond substituents is 2. The van der Waals surface area contributed by atoms with Gasteiger partial charge in [-0.2, -0.15) is 0 Å². The highest BCUT2D eigenvalue weighted by molar-refractivity contribution is 6.10. The molecule has 0 amide bonds. The fourth-order valence-corrected chi connectivity index (χ4v) is 3.33. The van der Waals surface area contributed by atoms with Gasteiger partial charge in [0.25, 0.3) is 0 Å². The summed E-state index contributed by atoms with van der Waals surface area (Å²) < 4.78 is 5.24. The Hall–Kier alpha value is -2.27. The minimum absolute atomic E-state index is 0.0996. The molecule has 0 radical (unpaired) electrons. The monoisotopic (exact) mass is 316 g/mol. The highest BCUT2D eigenvalue weighted by Crippen LogP contribution is 2.46. The molecule has 3 N–H and O–H groups in total. The van der Waals surface area contributed by atoms with Crippen LogP contribution in [-0.2, 0) is 6.42 Å². The topological polar surface area (TPSA) is 87.0 Å². The van der Waals surface area contributed by atoms with Crippen molar-refractivity contribution in [1.29, 1.82) is 0 Å². The molecule has 23 heavy (non-hydrogen) atoms. The van der Waals surface area contributed by atoms with Gasteiger partial charge in [-0.05, 0) is 36.9 Å². The third-order valence-electron chi connectivity index (χ3n) is 5.00. The summed E-state index contributed by atoms with van der Waals surface area (Å²) in [6.07, 6.45) is 0.260. The van der Waals surface area contributed by atoms with Crippen LogP contribution in [0.4, 0.5) is 0 Å². The molecule has 0 fully saturated rings. The molecule has 2 aromatic rings. The van der Waals surface area contributed by atoms with E-state index in [2.05, 4.69) is 0 Å². The molecule has 0 heterocycles. The van der Waals surface area contributed by atoms with Gasteiger partial charge in [-0.25, -0.2) is 0 Å². The van der Waals surface area contributed by atoms with E-state index in [1.807, 2.05) is 0 Å². The van der Waals surface area contributed by atoms with E-state index in [0.29, 0.717) is 22.3 Å². The van der Waals surface area contributed by atoms with Crippen LogP contribution in [0, 0.1) is 12.8 Å². The van der Waals surface area contributed by atoms with Crippen LogP contribution in [0.2, 0.25) is 0 Å². The number of aliphatic hydroxyl groups is 1. The Bertz CT molecular complexity index is 835. The molecular weight excluding hydrogens is 296 g/mol. The largest absolute Gasteiger partial charge is 0.507 e. The van der Waals surface area contributed by atoms with E-state index >= 15 is 0 Å². The number of aromatic hydroxyl groups is 2. The van der Waals surface area contributed by atoms with Gasteiger partial charge in [-0.1, -0.05) is 6.92 Å². The Balaban J connectivity index is 2.40. The summed E-state index contributed by atoms with van der Waals surface area (Å²) in [5.74, 6) is -0.773. The van der Waals surface area contributed by atoms with Gasteiger partial charge in [0.15, 0.2) is 5.78 Å². The maximum absolute atomic E-state index is 12.6. The van der Waals surface area contributed by atoms with E-state index in [-0.39, 0.29) is 34.7 Å². The summed E-state index contributed by atoms with van der Waals surface area (Å²) in [6, 6.07) is 3.44. The molecule has 0 aliphatic heterocycles. The number of fused-ring (bicyclic) bond motifs is 2. The number of hydrogen-bond donors (Lipinski definition) is 3. The molecule has 0 saturated carbocycles. The molecule has 122 valence electrons. The first kappa shape index (κ1) is 15.6. The van der Waals surface area contributed by atoms with Crippen molar-refractivity contribution in [3.63, 3.8) is 0 Å². The standard InChI is InChI=1S/C18H20O5/c1-8-12(23-4)6-10-5-11-7-18(3,22)9(2)16(20)14(11)17(21)13(10)15(8)19/h5-6,9,19,21-22H,7H2,1-4H3. The predicted octanol–water partition coefficient (Wildman–Crippen LogP) is 2.69. The van der Waals surface area contributed by atoms with Crippen molar-refractivity contribution < 1.29 is 24.9 Å². The number of benzene rings is 2. The van der Waals surface area contributed by atoms with E-state index in [9.17, 15) is 20.1 Å². The Morgan fingerprint density at radius 3 is 2.52 bits per heavy atom. The summed E-state index contributed by atoms with van der Waals surface area (Å²) in [4.78, 5) is 12.6. The normalized spacial score (nSPS) is 23.9. The Kier molecular flexibility index (Phi) is 3.30. The zero-order chi connectivity index (χ0) is 17.1. The second-order valence-electron chi connectivity index (χ2n) is 6.53. The summed E-state index contributed by atoms with van der Waals surface area (Å²) in [5.41, 5.74) is 0.101. The van der Waals surface area contributed by atoms with Gasteiger partial charge in [0.1, 0.15) is 17.2 Å². The van der Waals surface area contributed by atoms with Crippen LogP contribution in [0.3, 0.4) is 0 Å². The summed E-state index contributed by atoms with van der Waals surface area (Å²) in [6.45, 7) is 4.95. The number of Topliss-reactive ketones (excluding diaryl/α,β-unsaturated/α-hetero) is 1. The zero-order valence-electron chi connectivity index (χ0n) is 13.6. The van der Waals surface area contributed by atoms with Crippen molar-refractivity contribution in [3.8, 4) is 17.2 Å². The van der Waals surface area contributed by atoms with Crippen molar-refractivity contribution in [1.82, 2.24) is 0 Å². The van der Waals surface area contributed by atoms with Crippen LogP contribution in [0.5, 0.6) is 17.2 Å². The zero-order valence-corrected chi connectivity index (χ0v) is 13.6. The molecule has 0 aromatic heterocycles. The molecule has 1 aliphatic carbocycles. The van der Waals surface area contributed by atoms with E-state index < -0.39 is 11.5 Å². The van der Waals surface area contributed by atoms with Gasteiger partial charge in [-0.3, -0.25) is 4.79 Å². The lowest BCUT2D eigenvalue weighted by Gasteiger charge is -2.35. The molecule has 2 aromatic carbocycles. The van der Waals surface area contributed by atoms with Crippen LogP contribution in [0.15, 0.2) is 12.1 Å². The van der Waals surface area contributed by atoms with Gasteiger partial charge < -0.3 is 20.1 Å². The molecular formula is C18H20O5. The smallest absolute Gasteiger partial charge is 0.172 e. The molecule has 5 nitrogen and oxygen atoms in total. The molecule has 0 bridgehead atoms. The Morgan fingerprint density at radius 2 is 1.91 bits per heavy atom. The molecule has 2 unspecified atom stereocenters. The van der Waals surface area contributed by atoms with Crippen molar-refractivity contribution in [3.05, 3.63) is 28.8 Å². The maximum atomic E-state index is 12.6. The fourth-order valence-electron chi connectivity index (χ4n) is 3.33. The molecule has 3 rings (SSSR count). The summed E-state index contributed by atoms with van der Waals surface area (Å²) in [5, 5.41) is 32.3. The first-order valence-corrected chi connectivity index (χ1v) is 7.50. The Labute approximate surface area is 134 Å². The number of phenols is 2. The van der Waals surface area contributed by atoms with E-state index in [4.69, 9.17) is 4.74 Å². The predicted molar refractivity (Wildman–Crippen MR) is 86.4 cm³/mol. The highest BCUT2D eigenvalue weighted by atomic mass is 16.5. The lowest BCUT2D eigenvalue weighted by molar-refractivity contribution is 0.00592. The van der Waals surface area contributed by atoms with Crippen LogP contribution in [-0.4, -0.2) is 33.8 Å². The highest BCUT2D eigenvalue weighted by Gasteiger charge is 2.42. The van der Waals surface area contributed by atoms with E-state index in [0.717, 1.165) is 0 Å². The maximum Gasteiger partial charge on any atom is 0.172 e. The summed E-state index contributed by atoms with van der Waals surface area (Å²) >= 11 is 0. The van der Waals surface area contributed by atoms with E-state index in [1.165, 1.54) is 7.11 Å². The van der Waals surface area contributed by atoms with Crippen LogP contribution < -0.4 is 4.74 Å². The quantitative estimate of drug-likeness (QED) is 0.753. The lowest BCUT2D eigenvalue weighted by Crippen LogP contribution is -2.44. The third kappa shape index (κ3) is 2.07.